The molecule has 0 saturated heterocycles. The summed E-state index contributed by atoms with van der Waals surface area (Å²) >= 11 is 0. The average Bonchev–Trinajstić information content (AvgIpc) is 2.91. The standard InChI is InChI=1S/C31H51NO6/c1-4-7-8-9-10-11-12-13-14-15-16-17-18-19-24-32-27-22-20-26(21-23-27)30(34)38-28(31(35)37-6-3)25-29(33)36-5-2/h20-23,28,32H,4-19,24-25H2,1-3H3. The molecule has 0 aliphatic heterocycles. The lowest BCUT2D eigenvalue weighted by Crippen LogP contribution is -2.32. The van der Waals surface area contributed by atoms with Crippen LogP contribution >= 0.6 is 0 Å². The molecule has 0 heterocycles. The van der Waals surface area contributed by atoms with Crippen molar-refractivity contribution in [2.45, 2.75) is 123 Å². The molecule has 0 aliphatic carbocycles. The fourth-order valence-corrected chi connectivity index (χ4v) is 4.25. The topological polar surface area (TPSA) is 90.9 Å². The molecule has 0 saturated carbocycles. The van der Waals surface area contributed by atoms with Gasteiger partial charge in [0.25, 0.3) is 0 Å². The highest BCUT2D eigenvalue weighted by Gasteiger charge is 2.28. The molecule has 1 rings (SSSR count). The average molecular weight is 534 g/mol. The van der Waals surface area contributed by atoms with Gasteiger partial charge in [0.05, 0.1) is 25.2 Å². The Labute approximate surface area is 230 Å². The molecule has 0 spiro atoms. The van der Waals surface area contributed by atoms with Gasteiger partial charge < -0.3 is 19.5 Å². The zero-order valence-electron chi connectivity index (χ0n) is 24.1. The van der Waals surface area contributed by atoms with Crippen molar-refractivity contribution in [3.05, 3.63) is 29.8 Å². The Morgan fingerprint density at radius 1 is 0.684 bits per heavy atom. The highest BCUT2D eigenvalue weighted by Crippen LogP contribution is 2.15. The van der Waals surface area contributed by atoms with E-state index in [-0.39, 0.29) is 19.6 Å². The Morgan fingerprint density at radius 2 is 1.18 bits per heavy atom. The second-order valence-corrected chi connectivity index (χ2v) is 9.76. The SMILES string of the molecule is CCCCCCCCCCCCCCCCNc1ccc(C(=O)OC(CC(=O)OCC)C(=O)OCC)cc1. The number of carbonyl (C=O) groups is 3. The molecule has 1 N–H and O–H groups in total. The number of hydrogen-bond donors (Lipinski definition) is 1. The first-order chi connectivity index (χ1) is 18.5. The fraction of sp³-hybridized carbons (Fsp3) is 0.710. The van der Waals surface area contributed by atoms with Crippen LogP contribution < -0.4 is 5.32 Å². The van der Waals surface area contributed by atoms with Gasteiger partial charge in [0.2, 0.25) is 6.10 Å². The largest absolute Gasteiger partial charge is 0.466 e. The van der Waals surface area contributed by atoms with Gasteiger partial charge in [-0.1, -0.05) is 90.4 Å². The van der Waals surface area contributed by atoms with Gasteiger partial charge in [-0.05, 0) is 44.5 Å². The van der Waals surface area contributed by atoms with Gasteiger partial charge in [0.1, 0.15) is 0 Å². The molecule has 0 radical (unpaired) electrons. The molecule has 0 amide bonds. The number of carbonyl (C=O) groups excluding carboxylic acids is 3. The summed E-state index contributed by atoms with van der Waals surface area (Å²) in [5.74, 6) is -2.08. The normalized spacial score (nSPS) is 11.6. The molecule has 7 heteroatoms. The molecule has 0 bridgehead atoms. The number of benzene rings is 1. The van der Waals surface area contributed by atoms with Crippen LogP contribution in [0.25, 0.3) is 0 Å². The highest BCUT2D eigenvalue weighted by molar-refractivity contribution is 5.92. The first kappa shape index (κ1) is 33.5. The molecule has 0 aromatic heterocycles. The molecule has 0 aliphatic rings. The number of ether oxygens (including phenoxy) is 3. The van der Waals surface area contributed by atoms with E-state index in [0.29, 0.717) is 5.56 Å². The lowest BCUT2D eigenvalue weighted by molar-refractivity contribution is -0.160. The first-order valence-corrected chi connectivity index (χ1v) is 14.9. The summed E-state index contributed by atoms with van der Waals surface area (Å²) in [5.41, 5.74) is 1.22. The number of esters is 3. The lowest BCUT2D eigenvalue weighted by Gasteiger charge is -2.16. The minimum Gasteiger partial charge on any atom is -0.466 e. The summed E-state index contributed by atoms with van der Waals surface area (Å²) in [6, 6.07) is 6.90. The molecule has 1 aromatic carbocycles. The summed E-state index contributed by atoms with van der Waals surface area (Å²) < 4.78 is 15.0. The van der Waals surface area contributed by atoms with E-state index in [2.05, 4.69) is 12.2 Å². The van der Waals surface area contributed by atoms with Crippen LogP contribution in [0.5, 0.6) is 0 Å². The maximum absolute atomic E-state index is 12.5. The van der Waals surface area contributed by atoms with Crippen molar-refractivity contribution >= 4 is 23.6 Å². The molecular formula is C31H51NO6. The third kappa shape index (κ3) is 16.3. The Morgan fingerprint density at radius 3 is 1.68 bits per heavy atom. The van der Waals surface area contributed by atoms with E-state index in [1.807, 2.05) is 12.1 Å². The van der Waals surface area contributed by atoms with E-state index in [1.165, 1.54) is 83.5 Å². The number of anilines is 1. The van der Waals surface area contributed by atoms with Gasteiger partial charge in [-0.2, -0.15) is 0 Å². The van der Waals surface area contributed by atoms with Crippen molar-refractivity contribution in [3.8, 4) is 0 Å². The van der Waals surface area contributed by atoms with Crippen molar-refractivity contribution < 1.29 is 28.6 Å². The van der Waals surface area contributed by atoms with Gasteiger partial charge in [-0.3, -0.25) is 4.79 Å². The van der Waals surface area contributed by atoms with Crippen LogP contribution in [-0.2, 0) is 23.8 Å². The van der Waals surface area contributed by atoms with E-state index in [0.717, 1.165) is 18.7 Å². The first-order valence-electron chi connectivity index (χ1n) is 14.9. The minimum absolute atomic E-state index is 0.120. The maximum atomic E-state index is 12.5. The summed E-state index contributed by atoms with van der Waals surface area (Å²) in [4.78, 5) is 36.4. The quantitative estimate of drug-likeness (QED) is 0.0878. The van der Waals surface area contributed by atoms with E-state index in [9.17, 15) is 14.4 Å². The fourth-order valence-electron chi connectivity index (χ4n) is 4.25. The van der Waals surface area contributed by atoms with Crippen molar-refractivity contribution in [2.24, 2.45) is 0 Å². The zero-order valence-corrected chi connectivity index (χ0v) is 24.1. The molecule has 216 valence electrons. The molecule has 7 nitrogen and oxygen atoms in total. The van der Waals surface area contributed by atoms with Gasteiger partial charge in [-0.15, -0.1) is 0 Å². The highest BCUT2D eigenvalue weighted by atomic mass is 16.6. The summed E-state index contributed by atoms with van der Waals surface area (Å²) in [7, 11) is 0. The Hall–Kier alpha value is -2.57. The van der Waals surface area contributed by atoms with Crippen LogP contribution in [-0.4, -0.2) is 43.8 Å². The van der Waals surface area contributed by atoms with Crippen LogP contribution in [0.1, 0.15) is 127 Å². The second-order valence-electron chi connectivity index (χ2n) is 9.76. The Kier molecular flexibility index (Phi) is 19.7. The van der Waals surface area contributed by atoms with Crippen LogP contribution in [0.2, 0.25) is 0 Å². The number of hydrogen-bond acceptors (Lipinski definition) is 7. The molecule has 0 fully saturated rings. The molecule has 38 heavy (non-hydrogen) atoms. The summed E-state index contributed by atoms with van der Waals surface area (Å²) in [6.45, 7) is 6.75. The third-order valence-corrected chi connectivity index (χ3v) is 6.44. The maximum Gasteiger partial charge on any atom is 0.348 e. The molecular weight excluding hydrogens is 482 g/mol. The van der Waals surface area contributed by atoms with Crippen LogP contribution in [0.4, 0.5) is 5.69 Å². The van der Waals surface area contributed by atoms with Crippen LogP contribution in [0.15, 0.2) is 24.3 Å². The smallest absolute Gasteiger partial charge is 0.348 e. The predicted molar refractivity (Wildman–Crippen MR) is 152 cm³/mol. The van der Waals surface area contributed by atoms with Crippen LogP contribution in [0.3, 0.4) is 0 Å². The third-order valence-electron chi connectivity index (χ3n) is 6.44. The zero-order chi connectivity index (χ0) is 27.8. The van der Waals surface area contributed by atoms with E-state index >= 15 is 0 Å². The Bertz CT molecular complexity index is 764. The lowest BCUT2D eigenvalue weighted by atomic mass is 10.0. The van der Waals surface area contributed by atoms with Gasteiger partial charge in [0, 0.05) is 12.2 Å². The van der Waals surface area contributed by atoms with Gasteiger partial charge >= 0.3 is 17.9 Å². The molecule has 1 unspecified atom stereocenters. The second kappa shape index (κ2) is 22.4. The van der Waals surface area contributed by atoms with Crippen molar-refractivity contribution in [1.29, 1.82) is 0 Å². The number of rotatable bonds is 23. The van der Waals surface area contributed by atoms with Crippen molar-refractivity contribution in [3.63, 3.8) is 0 Å². The molecule has 1 aromatic rings. The monoisotopic (exact) mass is 533 g/mol. The number of unbranched alkanes of at least 4 members (excludes halogenated alkanes) is 13. The van der Waals surface area contributed by atoms with E-state index in [1.54, 1.807) is 26.0 Å². The summed E-state index contributed by atoms with van der Waals surface area (Å²) in [5, 5.41) is 3.38. The van der Waals surface area contributed by atoms with E-state index in [4.69, 9.17) is 14.2 Å². The van der Waals surface area contributed by atoms with E-state index < -0.39 is 24.0 Å². The Balaban J connectivity index is 2.20. The minimum atomic E-state index is -1.33. The van der Waals surface area contributed by atoms with Crippen molar-refractivity contribution in [2.75, 3.05) is 25.1 Å². The summed E-state index contributed by atoms with van der Waals surface area (Å²) in [6.07, 6.45) is 17.0. The number of nitrogens with one attached hydrogen (secondary N) is 1. The van der Waals surface area contributed by atoms with Crippen molar-refractivity contribution in [1.82, 2.24) is 0 Å². The van der Waals surface area contributed by atoms with Gasteiger partial charge in [-0.25, -0.2) is 9.59 Å². The van der Waals surface area contributed by atoms with Crippen LogP contribution in [0, 0.1) is 0 Å². The van der Waals surface area contributed by atoms with Gasteiger partial charge in [0.15, 0.2) is 0 Å². The predicted octanol–water partition coefficient (Wildman–Crippen LogP) is 7.62. The molecule has 1 atom stereocenters.